The number of nitriles is 1. The highest BCUT2D eigenvalue weighted by Crippen LogP contribution is 2.49. The average molecular weight is 519 g/mol. The maximum atomic E-state index is 14.9. The lowest BCUT2D eigenvalue weighted by molar-refractivity contribution is -0.179. The van der Waals surface area contributed by atoms with Gasteiger partial charge in [0, 0.05) is 30.3 Å². The van der Waals surface area contributed by atoms with Gasteiger partial charge in [0.2, 0.25) is 11.8 Å². The van der Waals surface area contributed by atoms with Crippen molar-refractivity contribution < 1.29 is 31.9 Å². The third kappa shape index (κ3) is 4.40. The van der Waals surface area contributed by atoms with Crippen molar-refractivity contribution >= 4 is 28.6 Å². The van der Waals surface area contributed by atoms with Gasteiger partial charge in [-0.3, -0.25) is 14.4 Å². The van der Waals surface area contributed by atoms with Crippen molar-refractivity contribution in [3.8, 4) is 6.07 Å². The number of aromatic nitrogens is 1. The highest BCUT2D eigenvalue weighted by Gasteiger charge is 2.60. The molecule has 4 fully saturated rings. The Kier molecular flexibility index (Phi) is 6.33. The van der Waals surface area contributed by atoms with E-state index < -0.39 is 65.8 Å². The Morgan fingerprint density at radius 3 is 2.65 bits per heavy atom. The van der Waals surface area contributed by atoms with E-state index in [2.05, 4.69) is 15.6 Å². The SMILES string of the molecule is N#C[C@@H](C[C@H]1CCCNC1=O)NC(=O)[C@@H]1[C@H]2CC[C@H](CC2(F)F)N1C(=O)c1cc2c(F)ccc(F)c2[nH]1. The molecule has 1 aromatic heterocycles. The number of halogens is 4. The number of amides is 3. The Hall–Kier alpha value is -3.62. The minimum Gasteiger partial charge on any atom is -0.356 e. The van der Waals surface area contributed by atoms with Gasteiger partial charge in [0.1, 0.15) is 29.4 Å². The van der Waals surface area contributed by atoms with E-state index in [1.165, 1.54) is 0 Å². The average Bonchev–Trinajstić information content (AvgIpc) is 3.33. The second-order valence-corrected chi connectivity index (χ2v) is 10.0. The molecule has 3 amide bonds. The van der Waals surface area contributed by atoms with Crippen LogP contribution in [0.4, 0.5) is 17.6 Å². The minimum absolute atomic E-state index is 0.00224. The molecule has 6 rings (SSSR count). The summed E-state index contributed by atoms with van der Waals surface area (Å²) in [5.74, 6) is -8.76. The molecule has 3 saturated heterocycles. The van der Waals surface area contributed by atoms with Crippen LogP contribution in [0.1, 0.15) is 49.0 Å². The summed E-state index contributed by atoms with van der Waals surface area (Å²) in [5, 5.41) is 14.6. The van der Waals surface area contributed by atoms with Crippen LogP contribution in [0.5, 0.6) is 0 Å². The Morgan fingerprint density at radius 1 is 1.22 bits per heavy atom. The molecule has 12 heteroatoms. The first-order valence-electron chi connectivity index (χ1n) is 12.3. The molecule has 1 aromatic carbocycles. The van der Waals surface area contributed by atoms with Gasteiger partial charge in [-0.1, -0.05) is 0 Å². The van der Waals surface area contributed by atoms with E-state index in [1.807, 2.05) is 6.07 Å². The number of alkyl halides is 2. The van der Waals surface area contributed by atoms with E-state index in [9.17, 15) is 37.2 Å². The third-order valence-electron chi connectivity index (χ3n) is 7.75. The maximum absolute atomic E-state index is 14.9. The van der Waals surface area contributed by atoms with Crippen molar-refractivity contribution in [2.75, 3.05) is 6.54 Å². The minimum atomic E-state index is -3.22. The maximum Gasteiger partial charge on any atom is 0.271 e. The Morgan fingerprint density at radius 2 is 1.97 bits per heavy atom. The summed E-state index contributed by atoms with van der Waals surface area (Å²) >= 11 is 0. The first kappa shape index (κ1) is 25.0. The number of hydrogen-bond acceptors (Lipinski definition) is 4. The van der Waals surface area contributed by atoms with Crippen molar-refractivity contribution in [2.24, 2.45) is 11.8 Å². The molecular weight excluding hydrogens is 494 g/mol. The lowest BCUT2D eigenvalue weighted by Gasteiger charge is -2.53. The number of nitrogens with zero attached hydrogens (tertiary/aromatic N) is 2. The molecule has 8 nitrogen and oxygen atoms in total. The van der Waals surface area contributed by atoms with Gasteiger partial charge in [0.05, 0.1) is 17.5 Å². The highest BCUT2D eigenvalue weighted by molar-refractivity contribution is 6.01. The third-order valence-corrected chi connectivity index (χ3v) is 7.75. The zero-order valence-corrected chi connectivity index (χ0v) is 19.7. The lowest BCUT2D eigenvalue weighted by atomic mass is 9.71. The van der Waals surface area contributed by atoms with Crippen LogP contribution in [-0.2, 0) is 9.59 Å². The largest absolute Gasteiger partial charge is 0.356 e. The molecule has 4 heterocycles. The molecule has 2 bridgehead atoms. The number of carbonyl (C=O) groups excluding carboxylic acids is 3. The summed E-state index contributed by atoms with van der Waals surface area (Å²) < 4.78 is 58.3. The summed E-state index contributed by atoms with van der Waals surface area (Å²) in [6.07, 6.45) is 0.861. The topological polar surface area (TPSA) is 118 Å². The van der Waals surface area contributed by atoms with Gasteiger partial charge in [-0.05, 0) is 50.3 Å². The van der Waals surface area contributed by atoms with Crippen LogP contribution in [0.3, 0.4) is 0 Å². The molecule has 1 aliphatic carbocycles. The standard InChI is InChI=1S/C25H25F4N5O3/c26-17-5-6-18(27)20-15(17)9-19(33-20)24(37)34-14-3-4-16(25(28,29)10-14)21(34)23(36)32-13(11-30)8-12-2-1-7-31-22(12)35/h5-6,9,12-14,16,21,33H,1-4,7-8,10H2,(H,31,35)(H,32,36)/t12-,13-,14-,16-,21+/m1/s1. The molecule has 196 valence electrons. The van der Waals surface area contributed by atoms with E-state index >= 15 is 0 Å². The van der Waals surface area contributed by atoms with E-state index in [4.69, 9.17) is 0 Å². The number of hydrogen-bond donors (Lipinski definition) is 3. The molecule has 0 spiro atoms. The molecule has 0 radical (unpaired) electrons. The fourth-order valence-corrected chi connectivity index (χ4v) is 5.95. The zero-order chi connectivity index (χ0) is 26.5. The molecule has 1 saturated carbocycles. The number of carbonyl (C=O) groups is 3. The number of nitrogens with one attached hydrogen (secondary N) is 3. The van der Waals surface area contributed by atoms with Crippen LogP contribution in [0, 0.1) is 34.8 Å². The first-order chi connectivity index (χ1) is 17.6. The van der Waals surface area contributed by atoms with Crippen molar-refractivity contribution in [2.45, 2.75) is 62.6 Å². The van der Waals surface area contributed by atoms with Crippen LogP contribution >= 0.6 is 0 Å². The predicted molar refractivity (Wildman–Crippen MR) is 122 cm³/mol. The quantitative estimate of drug-likeness (QED) is 0.527. The van der Waals surface area contributed by atoms with Crippen molar-refractivity contribution in [3.63, 3.8) is 0 Å². The fourth-order valence-electron chi connectivity index (χ4n) is 5.95. The van der Waals surface area contributed by atoms with E-state index in [1.54, 1.807) is 0 Å². The van der Waals surface area contributed by atoms with Gasteiger partial charge in [-0.25, -0.2) is 17.6 Å². The number of piperidine rings is 3. The Bertz CT molecular complexity index is 1270. The van der Waals surface area contributed by atoms with Crippen LogP contribution < -0.4 is 10.6 Å². The monoisotopic (exact) mass is 519 g/mol. The molecule has 3 N–H and O–H groups in total. The predicted octanol–water partition coefficient (Wildman–Crippen LogP) is 3.00. The van der Waals surface area contributed by atoms with E-state index in [-0.39, 0.29) is 41.8 Å². The summed E-state index contributed by atoms with van der Waals surface area (Å²) in [5.41, 5.74) is -0.476. The fraction of sp³-hybridized carbons (Fsp3) is 0.520. The van der Waals surface area contributed by atoms with Crippen LogP contribution in [0.2, 0.25) is 0 Å². The van der Waals surface area contributed by atoms with Gasteiger partial charge in [0.25, 0.3) is 11.8 Å². The number of rotatable bonds is 5. The van der Waals surface area contributed by atoms with E-state index in [0.717, 1.165) is 29.5 Å². The van der Waals surface area contributed by atoms with Gasteiger partial charge < -0.3 is 20.5 Å². The summed E-state index contributed by atoms with van der Waals surface area (Å²) in [6, 6.07) is 1.14. The number of fused-ring (bicyclic) bond motifs is 4. The zero-order valence-electron chi connectivity index (χ0n) is 19.7. The first-order valence-corrected chi connectivity index (χ1v) is 12.3. The molecule has 3 aliphatic heterocycles. The van der Waals surface area contributed by atoms with Crippen molar-refractivity contribution in [1.29, 1.82) is 5.26 Å². The smallest absolute Gasteiger partial charge is 0.271 e. The second kappa shape index (κ2) is 9.36. The van der Waals surface area contributed by atoms with Crippen molar-refractivity contribution in [3.05, 3.63) is 35.5 Å². The van der Waals surface area contributed by atoms with Crippen LogP contribution in [0.15, 0.2) is 18.2 Å². The molecule has 4 aliphatic rings. The number of benzene rings is 1. The van der Waals surface area contributed by atoms with Gasteiger partial charge >= 0.3 is 0 Å². The number of aromatic amines is 1. The second-order valence-electron chi connectivity index (χ2n) is 10.0. The van der Waals surface area contributed by atoms with Gasteiger partial charge in [-0.2, -0.15) is 5.26 Å². The summed E-state index contributed by atoms with van der Waals surface area (Å²) in [7, 11) is 0. The highest BCUT2D eigenvalue weighted by atomic mass is 19.3. The lowest BCUT2D eigenvalue weighted by Crippen LogP contribution is -2.68. The molecule has 0 unspecified atom stereocenters. The summed E-state index contributed by atoms with van der Waals surface area (Å²) in [6.45, 7) is 0.526. The van der Waals surface area contributed by atoms with Crippen molar-refractivity contribution in [1.82, 2.24) is 20.5 Å². The molecule has 5 atom stereocenters. The normalized spacial score (nSPS) is 27.4. The summed E-state index contributed by atoms with van der Waals surface area (Å²) in [4.78, 5) is 42.6. The van der Waals surface area contributed by atoms with Gasteiger partial charge in [-0.15, -0.1) is 0 Å². The molecular formula is C25H25F4N5O3. The Balaban J connectivity index is 1.43. The molecule has 2 aromatic rings. The van der Waals surface area contributed by atoms with Crippen LogP contribution in [0.25, 0.3) is 10.9 Å². The van der Waals surface area contributed by atoms with Gasteiger partial charge in [0.15, 0.2) is 0 Å². The van der Waals surface area contributed by atoms with Crippen LogP contribution in [-0.4, -0.2) is 58.2 Å². The molecule has 37 heavy (non-hydrogen) atoms. The Labute approximate surface area is 209 Å². The number of H-pyrrole nitrogens is 1. The van der Waals surface area contributed by atoms with E-state index in [0.29, 0.717) is 13.0 Å².